The van der Waals surface area contributed by atoms with Crippen LogP contribution < -0.4 is 10.1 Å². The molecule has 0 saturated carbocycles. The quantitative estimate of drug-likeness (QED) is 0.674. The van der Waals surface area contributed by atoms with Crippen molar-refractivity contribution in [1.29, 1.82) is 0 Å². The summed E-state index contributed by atoms with van der Waals surface area (Å²) in [6.07, 6.45) is 5.14. The molecule has 0 amide bonds. The predicted molar refractivity (Wildman–Crippen MR) is 79.0 cm³/mol. The highest BCUT2D eigenvalue weighted by Crippen LogP contribution is 2.26. The van der Waals surface area contributed by atoms with Crippen LogP contribution in [-0.4, -0.2) is 19.7 Å². The molecule has 0 bridgehead atoms. The van der Waals surface area contributed by atoms with Gasteiger partial charge in [0.25, 0.3) is 0 Å². The third-order valence-corrected chi connectivity index (χ3v) is 3.38. The van der Waals surface area contributed by atoms with Crippen LogP contribution in [0.25, 0.3) is 0 Å². The van der Waals surface area contributed by atoms with Gasteiger partial charge in [0, 0.05) is 12.6 Å². The van der Waals surface area contributed by atoms with E-state index in [1.54, 1.807) is 12.1 Å². The molecule has 4 heteroatoms. The van der Waals surface area contributed by atoms with Crippen LogP contribution >= 0.6 is 23.2 Å². The average Bonchev–Trinajstić information content (AvgIpc) is 2.37. The fraction of sp³-hybridized carbons (Fsp3) is 0.571. The van der Waals surface area contributed by atoms with Crippen LogP contribution in [0.3, 0.4) is 0 Å². The summed E-state index contributed by atoms with van der Waals surface area (Å²) in [5.74, 6) is 0.761. The van der Waals surface area contributed by atoms with Gasteiger partial charge in [0.15, 0.2) is 0 Å². The Morgan fingerprint density at radius 2 is 1.89 bits per heavy atom. The SMILES string of the molecule is CCCCCCNCCOc1ccc(Cl)c(Cl)c1. The van der Waals surface area contributed by atoms with Crippen LogP contribution in [0.4, 0.5) is 0 Å². The van der Waals surface area contributed by atoms with Crippen molar-refractivity contribution in [3.05, 3.63) is 28.2 Å². The average molecular weight is 290 g/mol. The molecule has 0 atom stereocenters. The minimum atomic E-state index is 0.529. The van der Waals surface area contributed by atoms with Gasteiger partial charge in [0.05, 0.1) is 10.0 Å². The van der Waals surface area contributed by atoms with Crippen LogP contribution in [0.5, 0.6) is 5.75 Å². The number of hydrogen-bond donors (Lipinski definition) is 1. The molecule has 18 heavy (non-hydrogen) atoms. The van der Waals surface area contributed by atoms with Crippen LogP contribution in [0, 0.1) is 0 Å². The molecule has 0 fully saturated rings. The monoisotopic (exact) mass is 289 g/mol. The van der Waals surface area contributed by atoms with Crippen molar-refractivity contribution in [2.45, 2.75) is 32.6 Å². The fourth-order valence-corrected chi connectivity index (χ4v) is 1.90. The second-order valence-electron chi connectivity index (χ2n) is 4.24. The lowest BCUT2D eigenvalue weighted by Crippen LogP contribution is -2.22. The zero-order valence-corrected chi connectivity index (χ0v) is 12.4. The third-order valence-electron chi connectivity index (χ3n) is 2.65. The number of rotatable bonds is 9. The van der Waals surface area contributed by atoms with Gasteiger partial charge in [-0.3, -0.25) is 0 Å². The van der Waals surface area contributed by atoms with Crippen LogP contribution in [0.1, 0.15) is 32.6 Å². The summed E-state index contributed by atoms with van der Waals surface area (Å²) in [6, 6.07) is 5.32. The van der Waals surface area contributed by atoms with E-state index in [-0.39, 0.29) is 0 Å². The minimum Gasteiger partial charge on any atom is -0.492 e. The minimum absolute atomic E-state index is 0.529. The molecular weight excluding hydrogens is 269 g/mol. The van der Waals surface area contributed by atoms with E-state index in [1.165, 1.54) is 25.7 Å². The van der Waals surface area contributed by atoms with E-state index < -0.39 is 0 Å². The molecule has 2 nitrogen and oxygen atoms in total. The smallest absolute Gasteiger partial charge is 0.120 e. The molecule has 1 N–H and O–H groups in total. The number of benzene rings is 1. The molecule has 0 aliphatic rings. The number of hydrogen-bond acceptors (Lipinski definition) is 2. The molecule has 0 heterocycles. The molecule has 0 spiro atoms. The van der Waals surface area contributed by atoms with Gasteiger partial charge in [-0.25, -0.2) is 0 Å². The lowest BCUT2D eigenvalue weighted by molar-refractivity contribution is 0.313. The zero-order chi connectivity index (χ0) is 13.2. The molecule has 0 unspecified atom stereocenters. The second-order valence-corrected chi connectivity index (χ2v) is 5.05. The van der Waals surface area contributed by atoms with Crippen molar-refractivity contribution in [2.24, 2.45) is 0 Å². The highest BCUT2D eigenvalue weighted by Gasteiger charge is 1.99. The first-order chi connectivity index (χ1) is 8.74. The van der Waals surface area contributed by atoms with Gasteiger partial charge in [-0.15, -0.1) is 0 Å². The van der Waals surface area contributed by atoms with E-state index in [9.17, 15) is 0 Å². The van der Waals surface area contributed by atoms with Crippen LogP contribution in [-0.2, 0) is 0 Å². The lowest BCUT2D eigenvalue weighted by atomic mass is 10.2. The number of ether oxygens (including phenoxy) is 1. The molecule has 0 radical (unpaired) electrons. The molecule has 1 rings (SSSR count). The van der Waals surface area contributed by atoms with Crippen LogP contribution in [0.15, 0.2) is 18.2 Å². The zero-order valence-electron chi connectivity index (χ0n) is 10.8. The summed E-state index contributed by atoms with van der Waals surface area (Å²) in [6.45, 7) is 4.78. The summed E-state index contributed by atoms with van der Waals surface area (Å²) in [5.41, 5.74) is 0. The van der Waals surface area contributed by atoms with E-state index in [0.29, 0.717) is 16.7 Å². The Labute approximate surface area is 120 Å². The van der Waals surface area contributed by atoms with Crippen molar-refractivity contribution in [3.8, 4) is 5.75 Å². The topological polar surface area (TPSA) is 21.3 Å². The Balaban J connectivity index is 2.05. The van der Waals surface area contributed by atoms with Crippen LogP contribution in [0.2, 0.25) is 10.0 Å². The maximum Gasteiger partial charge on any atom is 0.120 e. The number of unbranched alkanes of at least 4 members (excludes halogenated alkanes) is 3. The fourth-order valence-electron chi connectivity index (χ4n) is 1.61. The Morgan fingerprint density at radius 1 is 1.06 bits per heavy atom. The molecule has 0 aromatic heterocycles. The Kier molecular flexibility index (Phi) is 8.23. The van der Waals surface area contributed by atoms with Crippen molar-refractivity contribution in [1.82, 2.24) is 5.32 Å². The Bertz CT molecular complexity index is 345. The van der Waals surface area contributed by atoms with Gasteiger partial charge < -0.3 is 10.1 Å². The van der Waals surface area contributed by atoms with Gasteiger partial charge in [0.1, 0.15) is 12.4 Å². The Hall–Kier alpha value is -0.440. The molecule has 0 aliphatic heterocycles. The maximum absolute atomic E-state index is 5.90. The van der Waals surface area contributed by atoms with Gasteiger partial charge >= 0.3 is 0 Å². The van der Waals surface area contributed by atoms with E-state index in [0.717, 1.165) is 18.8 Å². The standard InChI is InChI=1S/C14H21Cl2NO/c1-2-3-4-5-8-17-9-10-18-12-6-7-13(15)14(16)11-12/h6-7,11,17H,2-5,8-10H2,1H3. The maximum atomic E-state index is 5.90. The van der Waals surface area contributed by atoms with E-state index >= 15 is 0 Å². The molecule has 1 aromatic carbocycles. The molecule has 1 aromatic rings. The Morgan fingerprint density at radius 3 is 2.61 bits per heavy atom. The first-order valence-electron chi connectivity index (χ1n) is 6.52. The van der Waals surface area contributed by atoms with Crippen molar-refractivity contribution in [2.75, 3.05) is 19.7 Å². The molecule has 102 valence electrons. The molecule has 0 aliphatic carbocycles. The van der Waals surface area contributed by atoms with Crippen molar-refractivity contribution < 1.29 is 4.74 Å². The number of nitrogens with one attached hydrogen (secondary N) is 1. The largest absolute Gasteiger partial charge is 0.492 e. The summed E-state index contributed by atoms with van der Waals surface area (Å²) in [7, 11) is 0. The first-order valence-corrected chi connectivity index (χ1v) is 7.28. The lowest BCUT2D eigenvalue weighted by Gasteiger charge is -2.08. The van der Waals surface area contributed by atoms with E-state index in [1.807, 2.05) is 6.07 Å². The summed E-state index contributed by atoms with van der Waals surface area (Å²) in [4.78, 5) is 0. The molecule has 0 saturated heterocycles. The number of halogens is 2. The predicted octanol–water partition coefficient (Wildman–Crippen LogP) is 4.54. The van der Waals surface area contributed by atoms with Gasteiger partial charge in [-0.1, -0.05) is 49.4 Å². The highest BCUT2D eigenvalue weighted by atomic mass is 35.5. The third kappa shape index (κ3) is 6.48. The van der Waals surface area contributed by atoms with Gasteiger partial charge in [-0.05, 0) is 25.1 Å². The van der Waals surface area contributed by atoms with Gasteiger partial charge in [-0.2, -0.15) is 0 Å². The summed E-state index contributed by atoms with van der Waals surface area (Å²) in [5, 5.41) is 4.44. The summed E-state index contributed by atoms with van der Waals surface area (Å²) < 4.78 is 5.56. The second kappa shape index (κ2) is 9.48. The van der Waals surface area contributed by atoms with Crippen molar-refractivity contribution in [3.63, 3.8) is 0 Å². The molecular formula is C14H21Cl2NO. The first kappa shape index (κ1) is 15.6. The van der Waals surface area contributed by atoms with E-state index in [2.05, 4.69) is 12.2 Å². The van der Waals surface area contributed by atoms with Gasteiger partial charge in [0.2, 0.25) is 0 Å². The highest BCUT2D eigenvalue weighted by molar-refractivity contribution is 6.42. The normalized spacial score (nSPS) is 10.6. The van der Waals surface area contributed by atoms with Crippen molar-refractivity contribution >= 4 is 23.2 Å². The van der Waals surface area contributed by atoms with E-state index in [4.69, 9.17) is 27.9 Å². The summed E-state index contributed by atoms with van der Waals surface area (Å²) >= 11 is 11.7.